The summed E-state index contributed by atoms with van der Waals surface area (Å²) in [6.45, 7) is 12.1. The van der Waals surface area contributed by atoms with Gasteiger partial charge in [0.15, 0.2) is 0 Å². The molecule has 16 heteroatoms. The zero-order valence-corrected chi connectivity index (χ0v) is 40.1. The van der Waals surface area contributed by atoms with E-state index in [1.807, 2.05) is 72.8 Å². The fourth-order valence-corrected chi connectivity index (χ4v) is 7.97. The Morgan fingerprint density at radius 2 is 1.01 bits per heavy atom. The van der Waals surface area contributed by atoms with E-state index in [9.17, 15) is 9.59 Å². The number of morpholine rings is 2. The molecule has 0 unspecified atom stereocenters. The first-order chi connectivity index (χ1) is 33.3. The number of nitrogens with one attached hydrogen (secondary N) is 2. The number of pyridine rings is 4. The van der Waals surface area contributed by atoms with Crippen LogP contribution in [0.1, 0.15) is 71.4 Å². The summed E-state index contributed by atoms with van der Waals surface area (Å²) in [6.07, 6.45) is 14.2. The van der Waals surface area contributed by atoms with E-state index >= 15 is 0 Å². The van der Waals surface area contributed by atoms with Crippen LogP contribution in [0.2, 0.25) is 10.0 Å². The van der Waals surface area contributed by atoms with Crippen LogP contribution in [0.3, 0.4) is 0 Å². The summed E-state index contributed by atoms with van der Waals surface area (Å²) >= 11 is 12.8. The van der Waals surface area contributed by atoms with E-state index < -0.39 is 0 Å². The molecule has 356 valence electrons. The van der Waals surface area contributed by atoms with Crippen molar-refractivity contribution in [2.75, 3.05) is 75.6 Å². The molecule has 6 heterocycles. The van der Waals surface area contributed by atoms with Crippen molar-refractivity contribution in [2.45, 2.75) is 52.6 Å². The molecule has 2 aliphatic heterocycles. The van der Waals surface area contributed by atoms with E-state index in [2.05, 4.69) is 54.2 Å². The van der Waals surface area contributed by atoms with Gasteiger partial charge in [0.1, 0.15) is 23.1 Å². The highest BCUT2D eigenvalue weighted by atomic mass is 35.5. The summed E-state index contributed by atoms with van der Waals surface area (Å²) in [6, 6.07) is 22.6. The predicted molar refractivity (Wildman–Crippen MR) is 267 cm³/mol. The number of carbonyl (C=O) groups excluding carboxylic acids is 2. The second kappa shape index (κ2) is 25.7. The van der Waals surface area contributed by atoms with Crippen LogP contribution in [-0.4, -0.2) is 97.6 Å². The summed E-state index contributed by atoms with van der Waals surface area (Å²) in [5.74, 6) is 2.69. The van der Waals surface area contributed by atoms with Crippen LogP contribution in [0.25, 0.3) is 22.3 Å². The van der Waals surface area contributed by atoms with Gasteiger partial charge >= 0.3 is 0 Å². The van der Waals surface area contributed by atoms with Crippen LogP contribution in [0.4, 0.5) is 11.6 Å². The molecular weight excluding hydrogens is 904 g/mol. The minimum Gasteiger partial charge on any atom is -0.492 e. The molecule has 6 aromatic rings. The van der Waals surface area contributed by atoms with E-state index in [-0.39, 0.29) is 11.8 Å². The highest BCUT2D eigenvalue weighted by Crippen LogP contribution is 2.32. The van der Waals surface area contributed by atoms with Gasteiger partial charge in [0.05, 0.1) is 60.8 Å². The molecule has 0 bridgehead atoms. The number of benzene rings is 2. The highest BCUT2D eigenvalue weighted by molar-refractivity contribution is 6.32. The molecule has 8 rings (SSSR count). The Morgan fingerprint density at radius 3 is 1.41 bits per heavy atom. The largest absolute Gasteiger partial charge is 0.492 e. The quantitative estimate of drug-likeness (QED) is 0.0790. The number of aromatic nitrogens is 4. The third-order valence-corrected chi connectivity index (χ3v) is 11.9. The van der Waals surface area contributed by atoms with E-state index in [0.717, 1.165) is 96.9 Å². The second-order valence-electron chi connectivity index (χ2n) is 16.2. The predicted octanol–water partition coefficient (Wildman–Crippen LogP) is 9.48. The molecule has 0 radical (unpaired) electrons. The number of unbranched alkanes of at least 4 members (excludes halogenated alkanes) is 2. The fraction of sp³-hybridized carbons (Fsp3) is 0.346. The molecule has 2 saturated heterocycles. The van der Waals surface area contributed by atoms with Crippen LogP contribution < -0.4 is 29.9 Å². The Labute approximate surface area is 408 Å². The third-order valence-electron chi connectivity index (χ3n) is 11.3. The van der Waals surface area contributed by atoms with Gasteiger partial charge in [-0.25, -0.2) is 9.97 Å². The monoisotopic (exact) mass is 960 g/mol. The molecule has 0 spiro atoms. The Bertz CT molecular complexity index is 2410. The number of nitrogens with zero attached hydrogens (tertiary/aromatic N) is 6. The van der Waals surface area contributed by atoms with Gasteiger partial charge in [-0.05, 0) is 72.5 Å². The van der Waals surface area contributed by atoms with Crippen molar-refractivity contribution in [3.05, 3.63) is 142 Å². The Morgan fingerprint density at radius 1 is 0.588 bits per heavy atom. The van der Waals surface area contributed by atoms with Crippen LogP contribution in [0, 0.1) is 0 Å². The topological polar surface area (TPSA) is 153 Å². The summed E-state index contributed by atoms with van der Waals surface area (Å²) in [7, 11) is 0. The molecule has 4 aromatic heterocycles. The molecule has 2 amide bonds. The van der Waals surface area contributed by atoms with Crippen molar-refractivity contribution < 1.29 is 28.5 Å². The number of carbonyl (C=O) groups is 2. The zero-order valence-electron chi connectivity index (χ0n) is 38.6. The minimum atomic E-state index is -0.197. The number of anilines is 2. The van der Waals surface area contributed by atoms with Gasteiger partial charge in [0, 0.05) is 98.7 Å². The Kier molecular flexibility index (Phi) is 18.7. The minimum absolute atomic E-state index is 0.197. The molecule has 0 saturated carbocycles. The van der Waals surface area contributed by atoms with Crippen molar-refractivity contribution in [2.24, 2.45) is 0 Å². The number of halogens is 2. The molecule has 2 aliphatic rings. The lowest BCUT2D eigenvalue weighted by atomic mass is 10.1. The number of ether oxygens (including phenoxy) is 4. The number of hydrogen-bond donors (Lipinski definition) is 2. The second-order valence-corrected chi connectivity index (χ2v) is 17.0. The number of rotatable bonds is 18. The van der Waals surface area contributed by atoms with E-state index in [1.165, 1.54) is 0 Å². The molecule has 0 aliphatic carbocycles. The lowest BCUT2D eigenvalue weighted by molar-refractivity contribution is 0.0942. The van der Waals surface area contributed by atoms with Gasteiger partial charge in [-0.2, -0.15) is 0 Å². The van der Waals surface area contributed by atoms with Gasteiger partial charge in [-0.15, -0.1) is 0 Å². The highest BCUT2D eigenvalue weighted by Gasteiger charge is 2.19. The van der Waals surface area contributed by atoms with Crippen molar-refractivity contribution in [1.82, 2.24) is 30.6 Å². The first-order valence-corrected chi connectivity index (χ1v) is 23.9. The average molecular weight is 962 g/mol. The summed E-state index contributed by atoms with van der Waals surface area (Å²) in [4.78, 5) is 47.8. The molecular formula is C52H58Cl2N8O6. The SMILES string of the molecule is CCCCOc1ccc(-c2cncc(C(=O)NCc3cccnc3N3CCOCC3)c2)cc1Cl.CCCCOc1ccc(-c2cncc(C(=O)NCc3cccnc3N3CCOCC3)c2)cc1Cl. The Hall–Kier alpha value is -6.32. The molecule has 2 aromatic carbocycles. The lowest BCUT2D eigenvalue weighted by Gasteiger charge is -2.29. The standard InChI is InChI=1S/2C26H29ClN4O3/c2*1-2-3-11-34-24-7-6-19(15-23(24)27)21-14-22(17-28-16-21)26(32)30-18-20-5-4-8-29-25(20)31-9-12-33-13-10-31/h2*4-8,14-17H,2-3,9-13,18H2,1H3,(H,30,32). The van der Waals surface area contributed by atoms with Crippen molar-refractivity contribution in [3.63, 3.8) is 0 Å². The summed E-state index contributed by atoms with van der Waals surface area (Å²) < 4.78 is 22.3. The maximum atomic E-state index is 12.9. The Balaban J connectivity index is 0.000000201. The summed E-state index contributed by atoms with van der Waals surface area (Å²) in [5.41, 5.74) is 6.26. The van der Waals surface area contributed by atoms with Gasteiger partial charge in [0.25, 0.3) is 11.8 Å². The van der Waals surface area contributed by atoms with Crippen LogP contribution in [-0.2, 0) is 22.6 Å². The van der Waals surface area contributed by atoms with Crippen LogP contribution in [0.5, 0.6) is 11.5 Å². The van der Waals surface area contributed by atoms with E-state index in [0.29, 0.717) is 85.4 Å². The summed E-state index contributed by atoms with van der Waals surface area (Å²) in [5, 5.41) is 7.07. The number of hydrogen-bond acceptors (Lipinski definition) is 12. The van der Waals surface area contributed by atoms with Crippen molar-refractivity contribution in [1.29, 1.82) is 0 Å². The lowest BCUT2D eigenvalue weighted by Crippen LogP contribution is -2.37. The maximum Gasteiger partial charge on any atom is 0.253 e. The number of amides is 2. The van der Waals surface area contributed by atoms with Crippen LogP contribution in [0.15, 0.2) is 110 Å². The van der Waals surface area contributed by atoms with Crippen molar-refractivity contribution >= 4 is 46.7 Å². The fourth-order valence-electron chi connectivity index (χ4n) is 7.50. The van der Waals surface area contributed by atoms with Gasteiger partial charge in [-0.3, -0.25) is 19.6 Å². The molecule has 68 heavy (non-hydrogen) atoms. The van der Waals surface area contributed by atoms with Crippen LogP contribution >= 0.6 is 23.2 Å². The molecule has 0 atom stereocenters. The van der Waals surface area contributed by atoms with E-state index in [1.54, 1.807) is 37.2 Å². The zero-order chi connectivity index (χ0) is 47.5. The maximum absolute atomic E-state index is 12.9. The molecule has 2 fully saturated rings. The van der Waals surface area contributed by atoms with Gasteiger partial charge in [0.2, 0.25) is 0 Å². The van der Waals surface area contributed by atoms with Crippen molar-refractivity contribution in [3.8, 4) is 33.8 Å². The van der Waals surface area contributed by atoms with Gasteiger partial charge in [-0.1, -0.05) is 74.2 Å². The normalized spacial score (nSPS) is 13.5. The third kappa shape index (κ3) is 13.9. The van der Waals surface area contributed by atoms with E-state index in [4.69, 9.17) is 42.1 Å². The average Bonchev–Trinajstić information content (AvgIpc) is 3.39. The first-order valence-electron chi connectivity index (χ1n) is 23.2. The molecule has 2 N–H and O–H groups in total. The smallest absolute Gasteiger partial charge is 0.253 e. The first kappa shape index (κ1) is 49.6. The molecule has 14 nitrogen and oxygen atoms in total. The van der Waals surface area contributed by atoms with Gasteiger partial charge < -0.3 is 39.4 Å².